The summed E-state index contributed by atoms with van der Waals surface area (Å²) < 4.78 is 7.28. The van der Waals surface area contributed by atoms with Crippen LogP contribution in [0.2, 0.25) is 0 Å². The van der Waals surface area contributed by atoms with Crippen LogP contribution in [0, 0.1) is 0 Å². The summed E-state index contributed by atoms with van der Waals surface area (Å²) in [7, 11) is 0. The standard InChI is InChI=1S/C22H24N4O3S/c1-3-4-5-8-14-30-22-23-20(28)19-16-10-6-7-11-17(16)25(15(2)27)21(26(19)24-22)18-12-9-13-29-18/h6-7,9-13,21H,3-5,8,14H2,1-2H3/p+1/t21-/m0/s1. The third-order valence-electron chi connectivity index (χ3n) is 5.13. The highest BCUT2D eigenvalue weighted by Gasteiger charge is 2.46. The molecule has 7 nitrogen and oxygen atoms in total. The maximum absolute atomic E-state index is 13.1. The van der Waals surface area contributed by atoms with E-state index in [9.17, 15) is 9.59 Å². The Balaban J connectivity index is 1.81. The van der Waals surface area contributed by atoms with Crippen molar-refractivity contribution in [2.45, 2.75) is 50.9 Å². The van der Waals surface area contributed by atoms with Gasteiger partial charge in [-0.1, -0.05) is 50.1 Å². The van der Waals surface area contributed by atoms with Gasteiger partial charge in [-0.2, -0.15) is 0 Å². The van der Waals surface area contributed by atoms with Gasteiger partial charge < -0.3 is 4.42 Å². The molecule has 1 amide bonds. The topological polar surface area (TPSA) is 83.1 Å². The summed E-state index contributed by atoms with van der Waals surface area (Å²) in [5.74, 6) is 1.27. The monoisotopic (exact) mass is 425 g/mol. The number of H-pyrrole nitrogens is 1. The van der Waals surface area contributed by atoms with E-state index in [2.05, 4.69) is 11.9 Å². The molecule has 1 aromatic carbocycles. The first-order valence-corrected chi connectivity index (χ1v) is 11.2. The Morgan fingerprint density at radius 2 is 2.07 bits per heavy atom. The Labute approximate surface area is 179 Å². The predicted molar refractivity (Wildman–Crippen MR) is 115 cm³/mol. The summed E-state index contributed by atoms with van der Waals surface area (Å²) in [6.45, 7) is 3.69. The molecule has 0 bridgehead atoms. The molecule has 3 aromatic rings. The number of nitrogens with zero attached hydrogens (tertiary/aromatic N) is 3. The molecule has 1 atom stereocenters. The molecule has 1 aliphatic rings. The number of nitrogens with one attached hydrogen (secondary N) is 1. The van der Waals surface area contributed by atoms with E-state index in [1.165, 1.54) is 31.5 Å². The number of fused-ring (bicyclic) bond motifs is 3. The zero-order valence-corrected chi connectivity index (χ0v) is 17.9. The molecule has 3 heterocycles. The number of aromatic amines is 1. The van der Waals surface area contributed by atoms with E-state index in [-0.39, 0.29) is 11.5 Å². The first kappa shape index (κ1) is 20.4. The highest BCUT2D eigenvalue weighted by molar-refractivity contribution is 7.99. The number of rotatable bonds is 7. The van der Waals surface area contributed by atoms with Gasteiger partial charge in [-0.05, 0) is 35.4 Å². The van der Waals surface area contributed by atoms with Crippen molar-refractivity contribution in [1.29, 1.82) is 0 Å². The zero-order valence-electron chi connectivity index (χ0n) is 17.1. The number of para-hydroxylation sites is 1. The molecule has 8 heteroatoms. The van der Waals surface area contributed by atoms with Gasteiger partial charge in [0.1, 0.15) is 0 Å². The van der Waals surface area contributed by atoms with Crippen LogP contribution in [0.4, 0.5) is 5.69 Å². The van der Waals surface area contributed by atoms with Crippen molar-refractivity contribution in [3.8, 4) is 11.3 Å². The van der Waals surface area contributed by atoms with Crippen LogP contribution >= 0.6 is 11.8 Å². The third kappa shape index (κ3) is 3.79. The maximum Gasteiger partial charge on any atom is 0.325 e. The lowest BCUT2D eigenvalue weighted by atomic mass is 10.0. The van der Waals surface area contributed by atoms with Gasteiger partial charge in [-0.15, -0.1) is 0 Å². The second kappa shape index (κ2) is 8.87. The van der Waals surface area contributed by atoms with Gasteiger partial charge in [-0.25, -0.2) is 4.90 Å². The van der Waals surface area contributed by atoms with E-state index in [1.54, 1.807) is 28.0 Å². The lowest BCUT2D eigenvalue weighted by molar-refractivity contribution is -0.764. The van der Waals surface area contributed by atoms with Crippen LogP contribution in [0.5, 0.6) is 0 Å². The van der Waals surface area contributed by atoms with Crippen LogP contribution in [0.25, 0.3) is 11.3 Å². The van der Waals surface area contributed by atoms with Crippen molar-refractivity contribution in [3.05, 3.63) is 58.8 Å². The van der Waals surface area contributed by atoms with Gasteiger partial charge in [0.15, 0.2) is 5.76 Å². The number of aromatic nitrogens is 3. The highest BCUT2D eigenvalue weighted by atomic mass is 32.2. The van der Waals surface area contributed by atoms with Crippen LogP contribution in [0.15, 0.2) is 57.0 Å². The lowest BCUT2D eigenvalue weighted by Gasteiger charge is -2.29. The predicted octanol–water partition coefficient (Wildman–Crippen LogP) is 3.90. The normalized spacial score (nSPS) is 15.0. The van der Waals surface area contributed by atoms with Crippen molar-refractivity contribution >= 4 is 23.4 Å². The molecule has 0 aliphatic carbocycles. The number of hydrogen-bond acceptors (Lipinski definition) is 5. The van der Waals surface area contributed by atoms with Gasteiger partial charge in [-0.3, -0.25) is 14.6 Å². The summed E-state index contributed by atoms with van der Waals surface area (Å²) in [4.78, 5) is 30.3. The summed E-state index contributed by atoms with van der Waals surface area (Å²) in [6, 6.07) is 10.9. The Kier molecular flexibility index (Phi) is 6.03. The third-order valence-corrected chi connectivity index (χ3v) is 6.08. The molecule has 4 rings (SSSR count). The SMILES string of the molecule is CCCCCCSc1n[n+]2c(c(=O)[nH]1)-c1ccccc1N(C(C)=O)[C@@H]2c1ccco1. The number of hydrogen-bond donors (Lipinski definition) is 1. The maximum atomic E-state index is 13.1. The Morgan fingerprint density at radius 1 is 1.23 bits per heavy atom. The molecule has 2 aromatic heterocycles. The number of carbonyl (C=O) groups excluding carboxylic acids is 1. The first-order chi connectivity index (χ1) is 14.6. The van der Waals surface area contributed by atoms with Crippen LogP contribution in [-0.2, 0) is 4.79 Å². The van der Waals surface area contributed by atoms with Crippen LogP contribution in [0.3, 0.4) is 0 Å². The minimum atomic E-state index is -0.663. The Bertz CT molecular complexity index is 1090. The van der Waals surface area contributed by atoms with E-state index >= 15 is 0 Å². The van der Waals surface area contributed by atoms with E-state index in [0.717, 1.165) is 18.6 Å². The fraction of sp³-hybridized carbons (Fsp3) is 0.364. The average molecular weight is 426 g/mol. The van der Waals surface area contributed by atoms with Crippen molar-refractivity contribution in [1.82, 2.24) is 10.1 Å². The number of anilines is 1. The zero-order chi connectivity index (χ0) is 21.1. The lowest BCUT2D eigenvalue weighted by Crippen LogP contribution is -2.60. The Morgan fingerprint density at radius 3 is 2.80 bits per heavy atom. The molecule has 0 spiro atoms. The van der Waals surface area contributed by atoms with Crippen molar-refractivity contribution in [2.24, 2.45) is 0 Å². The average Bonchev–Trinajstić information content (AvgIpc) is 3.26. The molecule has 30 heavy (non-hydrogen) atoms. The minimum absolute atomic E-state index is 0.155. The number of amides is 1. The molecule has 0 radical (unpaired) electrons. The number of unbranched alkanes of at least 4 members (excludes halogenated alkanes) is 3. The van der Waals surface area contributed by atoms with Crippen LogP contribution in [0.1, 0.15) is 51.5 Å². The molecule has 0 fully saturated rings. The Hall–Kier alpha value is -2.87. The quantitative estimate of drug-likeness (QED) is 0.353. The summed E-state index contributed by atoms with van der Waals surface area (Å²) in [5.41, 5.74) is 1.52. The van der Waals surface area contributed by atoms with Gasteiger partial charge >= 0.3 is 17.4 Å². The molecule has 0 saturated carbocycles. The summed E-state index contributed by atoms with van der Waals surface area (Å²) in [6.07, 6.45) is 5.50. The number of benzene rings is 1. The molecule has 156 valence electrons. The largest absolute Gasteiger partial charge is 0.460 e. The van der Waals surface area contributed by atoms with Crippen molar-refractivity contribution < 1.29 is 13.9 Å². The van der Waals surface area contributed by atoms with E-state index in [0.29, 0.717) is 27.9 Å². The fourth-order valence-corrected chi connectivity index (χ4v) is 4.62. The van der Waals surface area contributed by atoms with E-state index < -0.39 is 6.17 Å². The smallest absolute Gasteiger partial charge is 0.325 e. The van der Waals surface area contributed by atoms with Gasteiger partial charge in [0, 0.05) is 17.8 Å². The van der Waals surface area contributed by atoms with Crippen LogP contribution in [-0.4, -0.2) is 21.7 Å². The fourth-order valence-electron chi connectivity index (χ4n) is 3.77. The second-order valence-corrected chi connectivity index (χ2v) is 8.34. The van der Waals surface area contributed by atoms with E-state index in [4.69, 9.17) is 9.52 Å². The van der Waals surface area contributed by atoms with Gasteiger partial charge in [0.05, 0.1) is 17.5 Å². The molecular weight excluding hydrogens is 400 g/mol. The molecule has 1 N–H and O–H groups in total. The highest BCUT2D eigenvalue weighted by Crippen LogP contribution is 2.37. The summed E-state index contributed by atoms with van der Waals surface area (Å²) in [5, 5.41) is 5.27. The molecular formula is C22H25N4O3S+. The summed E-state index contributed by atoms with van der Waals surface area (Å²) >= 11 is 1.53. The molecule has 0 saturated heterocycles. The minimum Gasteiger partial charge on any atom is -0.460 e. The van der Waals surface area contributed by atoms with E-state index in [1.807, 2.05) is 24.3 Å². The van der Waals surface area contributed by atoms with Crippen molar-refractivity contribution in [3.63, 3.8) is 0 Å². The van der Waals surface area contributed by atoms with Crippen molar-refractivity contribution in [2.75, 3.05) is 10.7 Å². The number of thioether (sulfide) groups is 1. The second-order valence-electron chi connectivity index (χ2n) is 7.26. The number of carbonyl (C=O) groups is 1. The number of furan rings is 1. The molecule has 1 aliphatic heterocycles. The van der Waals surface area contributed by atoms with Gasteiger partial charge in [0.2, 0.25) is 11.1 Å². The van der Waals surface area contributed by atoms with Gasteiger partial charge in [0.25, 0.3) is 0 Å². The van der Waals surface area contributed by atoms with Crippen LogP contribution < -0.4 is 15.1 Å². The first-order valence-electron chi connectivity index (χ1n) is 10.2. The molecule has 0 unspecified atom stereocenters.